The minimum Gasteiger partial charge on any atom is -0.392 e. The van der Waals surface area contributed by atoms with E-state index in [0.29, 0.717) is 16.8 Å². The van der Waals surface area contributed by atoms with Gasteiger partial charge in [0.05, 0.1) is 17.7 Å². The first-order valence-electron chi connectivity index (χ1n) is 7.98. The smallest absolute Gasteiger partial charge is 0.256 e. The molecule has 0 aliphatic rings. The molecule has 1 amide bonds. The molecule has 0 saturated heterocycles. The fourth-order valence-electron chi connectivity index (χ4n) is 2.46. The van der Waals surface area contributed by atoms with Crippen molar-refractivity contribution in [2.45, 2.75) is 16.4 Å². The summed E-state index contributed by atoms with van der Waals surface area (Å²) in [5.41, 5.74) is 2.45. The molecule has 0 aliphatic carbocycles. The number of nitrogens with zero attached hydrogens (tertiary/aromatic N) is 1. The van der Waals surface area contributed by atoms with Crippen LogP contribution < -0.4 is 5.32 Å². The van der Waals surface area contributed by atoms with Crippen LogP contribution in [0.15, 0.2) is 82.6 Å². The third-order valence-corrected chi connectivity index (χ3v) is 4.88. The van der Waals surface area contributed by atoms with Crippen molar-refractivity contribution in [2.24, 2.45) is 0 Å². The van der Waals surface area contributed by atoms with E-state index in [1.165, 1.54) is 11.8 Å². The molecule has 0 radical (unpaired) electrons. The molecule has 4 nitrogen and oxygen atoms in total. The van der Waals surface area contributed by atoms with Gasteiger partial charge in [0.1, 0.15) is 6.07 Å². The summed E-state index contributed by atoms with van der Waals surface area (Å²) in [6, 6.07) is 23.8. The number of hydrogen-bond acceptors (Lipinski definition) is 4. The zero-order valence-corrected chi connectivity index (χ0v) is 14.7. The van der Waals surface area contributed by atoms with Gasteiger partial charge >= 0.3 is 0 Å². The second-order valence-corrected chi connectivity index (χ2v) is 6.60. The van der Waals surface area contributed by atoms with Crippen LogP contribution in [0.5, 0.6) is 0 Å². The lowest BCUT2D eigenvalue weighted by molar-refractivity contribution is 0.102. The molecule has 0 spiro atoms. The lowest BCUT2D eigenvalue weighted by Gasteiger charge is -2.11. The van der Waals surface area contributed by atoms with E-state index in [9.17, 15) is 15.2 Å². The maximum absolute atomic E-state index is 12.7. The highest BCUT2D eigenvalue weighted by molar-refractivity contribution is 7.99. The maximum atomic E-state index is 12.7. The molecule has 3 aromatic rings. The zero-order chi connectivity index (χ0) is 18.4. The van der Waals surface area contributed by atoms with E-state index in [-0.39, 0.29) is 12.5 Å². The highest BCUT2D eigenvalue weighted by atomic mass is 32.2. The normalized spacial score (nSPS) is 10.2. The molecule has 0 bridgehead atoms. The molecule has 2 N–H and O–H groups in total. The van der Waals surface area contributed by atoms with Gasteiger partial charge in [0, 0.05) is 15.5 Å². The molecule has 0 aromatic heterocycles. The number of hydrogen-bond donors (Lipinski definition) is 2. The topological polar surface area (TPSA) is 73.1 Å². The van der Waals surface area contributed by atoms with E-state index in [0.717, 1.165) is 15.4 Å². The number of benzene rings is 3. The Morgan fingerprint density at radius 3 is 2.50 bits per heavy atom. The van der Waals surface area contributed by atoms with E-state index < -0.39 is 0 Å². The largest absolute Gasteiger partial charge is 0.392 e. The lowest BCUT2D eigenvalue weighted by Crippen LogP contribution is -2.13. The van der Waals surface area contributed by atoms with Crippen LogP contribution in [0.2, 0.25) is 0 Å². The molecule has 0 heterocycles. The maximum Gasteiger partial charge on any atom is 0.256 e. The Morgan fingerprint density at radius 1 is 1.00 bits per heavy atom. The molecule has 0 fully saturated rings. The molecule has 3 aromatic carbocycles. The summed E-state index contributed by atoms with van der Waals surface area (Å²) < 4.78 is 0. The predicted molar refractivity (Wildman–Crippen MR) is 102 cm³/mol. The van der Waals surface area contributed by atoms with Crippen molar-refractivity contribution in [2.75, 3.05) is 5.32 Å². The number of nitrogens with one attached hydrogen (secondary N) is 1. The summed E-state index contributed by atoms with van der Waals surface area (Å²) in [5, 5.41) is 21.3. The third kappa shape index (κ3) is 4.12. The number of anilines is 1. The summed E-state index contributed by atoms with van der Waals surface area (Å²) in [6.07, 6.45) is 0. The summed E-state index contributed by atoms with van der Waals surface area (Å²) in [5.74, 6) is -0.238. The van der Waals surface area contributed by atoms with Crippen LogP contribution in [0.3, 0.4) is 0 Å². The number of nitriles is 1. The van der Waals surface area contributed by atoms with Gasteiger partial charge in [-0.2, -0.15) is 5.26 Å². The van der Waals surface area contributed by atoms with Crippen molar-refractivity contribution < 1.29 is 9.90 Å². The van der Waals surface area contributed by atoms with Crippen LogP contribution >= 0.6 is 11.8 Å². The van der Waals surface area contributed by atoms with Crippen molar-refractivity contribution in [1.29, 1.82) is 5.26 Å². The van der Waals surface area contributed by atoms with E-state index in [1.54, 1.807) is 42.5 Å². The average molecular weight is 360 g/mol. The van der Waals surface area contributed by atoms with Crippen LogP contribution in [0.25, 0.3) is 0 Å². The molecule has 26 heavy (non-hydrogen) atoms. The Morgan fingerprint density at radius 2 is 1.73 bits per heavy atom. The Labute approximate surface area is 156 Å². The third-order valence-electron chi connectivity index (χ3n) is 3.73. The highest BCUT2D eigenvalue weighted by Crippen LogP contribution is 2.32. The van der Waals surface area contributed by atoms with Crippen molar-refractivity contribution in [3.63, 3.8) is 0 Å². The van der Waals surface area contributed by atoms with Crippen LogP contribution in [-0.4, -0.2) is 11.0 Å². The van der Waals surface area contributed by atoms with E-state index >= 15 is 0 Å². The Hall–Kier alpha value is -3.07. The Balaban J connectivity index is 1.87. The predicted octanol–water partition coefficient (Wildman–Crippen LogP) is 4.45. The molecule has 0 saturated carbocycles. The number of rotatable bonds is 5. The van der Waals surface area contributed by atoms with Crippen molar-refractivity contribution >= 4 is 23.4 Å². The minimum atomic E-state index is -0.238. The van der Waals surface area contributed by atoms with Gasteiger partial charge < -0.3 is 10.4 Å². The van der Waals surface area contributed by atoms with E-state index in [1.807, 2.05) is 30.3 Å². The first-order valence-corrected chi connectivity index (χ1v) is 8.80. The standard InChI is InChI=1S/C21H16N2O2S/c22-13-16-7-1-3-10-19(16)26-20-11-4-2-9-18(20)21(25)23-17-8-5-6-15(12-17)14-24/h1-12,24H,14H2,(H,23,25). The summed E-state index contributed by atoms with van der Waals surface area (Å²) in [4.78, 5) is 14.3. The van der Waals surface area contributed by atoms with Gasteiger partial charge in [-0.05, 0) is 42.0 Å². The zero-order valence-electron chi connectivity index (χ0n) is 13.8. The molecule has 5 heteroatoms. The number of carbonyl (C=O) groups is 1. The molecule has 128 valence electrons. The van der Waals surface area contributed by atoms with Crippen LogP contribution in [-0.2, 0) is 6.61 Å². The summed E-state index contributed by atoms with van der Waals surface area (Å²) >= 11 is 1.39. The Kier molecular flexibility index (Phi) is 5.69. The van der Waals surface area contributed by atoms with Gasteiger partial charge in [0.25, 0.3) is 5.91 Å². The monoisotopic (exact) mass is 360 g/mol. The van der Waals surface area contributed by atoms with Crippen molar-refractivity contribution in [3.8, 4) is 6.07 Å². The molecular weight excluding hydrogens is 344 g/mol. The Bertz CT molecular complexity index is 979. The van der Waals surface area contributed by atoms with Crippen LogP contribution in [0.1, 0.15) is 21.5 Å². The second kappa shape index (κ2) is 8.34. The minimum absolute atomic E-state index is 0.0822. The molecule has 0 atom stereocenters. The van der Waals surface area contributed by atoms with Crippen molar-refractivity contribution in [3.05, 3.63) is 89.5 Å². The number of aliphatic hydroxyl groups is 1. The second-order valence-electron chi connectivity index (χ2n) is 5.52. The fraction of sp³-hybridized carbons (Fsp3) is 0.0476. The summed E-state index contributed by atoms with van der Waals surface area (Å²) in [6.45, 7) is -0.0822. The first kappa shape index (κ1) is 17.7. The van der Waals surface area contributed by atoms with E-state index in [4.69, 9.17) is 0 Å². The molecule has 3 rings (SSSR count). The van der Waals surface area contributed by atoms with Gasteiger partial charge in [0.15, 0.2) is 0 Å². The average Bonchev–Trinajstić information content (AvgIpc) is 2.69. The van der Waals surface area contributed by atoms with Gasteiger partial charge in [0.2, 0.25) is 0 Å². The molecular formula is C21H16N2O2S. The fourth-order valence-corrected chi connectivity index (χ4v) is 3.48. The first-order chi connectivity index (χ1) is 12.7. The molecule has 0 unspecified atom stereocenters. The van der Waals surface area contributed by atoms with Crippen LogP contribution in [0, 0.1) is 11.3 Å². The van der Waals surface area contributed by atoms with Gasteiger partial charge in [-0.3, -0.25) is 4.79 Å². The lowest BCUT2D eigenvalue weighted by atomic mass is 10.2. The number of carbonyl (C=O) groups excluding carboxylic acids is 1. The van der Waals surface area contributed by atoms with Crippen LogP contribution in [0.4, 0.5) is 5.69 Å². The highest BCUT2D eigenvalue weighted by Gasteiger charge is 2.14. The van der Waals surface area contributed by atoms with Gasteiger partial charge in [-0.25, -0.2) is 0 Å². The van der Waals surface area contributed by atoms with E-state index in [2.05, 4.69) is 11.4 Å². The molecule has 0 aliphatic heterocycles. The van der Waals surface area contributed by atoms with Crippen molar-refractivity contribution in [1.82, 2.24) is 0 Å². The van der Waals surface area contributed by atoms with Gasteiger partial charge in [-0.15, -0.1) is 0 Å². The number of amides is 1. The quantitative estimate of drug-likeness (QED) is 0.705. The number of aliphatic hydroxyl groups excluding tert-OH is 1. The SMILES string of the molecule is N#Cc1ccccc1Sc1ccccc1C(=O)Nc1cccc(CO)c1. The summed E-state index contributed by atoms with van der Waals surface area (Å²) in [7, 11) is 0. The van der Waals surface area contributed by atoms with Gasteiger partial charge in [-0.1, -0.05) is 48.2 Å².